The van der Waals surface area contributed by atoms with E-state index in [4.69, 9.17) is 11.6 Å². The van der Waals surface area contributed by atoms with Crippen molar-refractivity contribution in [2.75, 3.05) is 13.1 Å². The number of halogens is 2. The van der Waals surface area contributed by atoms with Gasteiger partial charge in [0.2, 0.25) is 0 Å². The topological polar surface area (TPSA) is 24.9 Å². The van der Waals surface area contributed by atoms with Crippen LogP contribution in [0.2, 0.25) is 5.02 Å². The molecule has 2 heterocycles. The summed E-state index contributed by atoms with van der Waals surface area (Å²) in [6.45, 7) is 2.11. The van der Waals surface area contributed by atoms with E-state index in [2.05, 4.69) is 32.3 Å². The number of nitrogens with one attached hydrogen (secondary N) is 1. The molecule has 2 nitrogen and oxygen atoms in total. The van der Waals surface area contributed by atoms with Gasteiger partial charge in [-0.25, -0.2) is 0 Å². The minimum atomic E-state index is 0.500. The molecule has 0 atom stereocenters. The third-order valence-corrected chi connectivity index (χ3v) is 4.79. The Kier molecular flexibility index (Phi) is 4.39. The molecule has 0 unspecified atom stereocenters. The zero-order valence-electron chi connectivity index (χ0n) is 11.1. The van der Waals surface area contributed by atoms with E-state index in [-0.39, 0.29) is 0 Å². The molecular formula is C16H16BrClN2. The van der Waals surface area contributed by atoms with Crippen molar-refractivity contribution in [2.24, 2.45) is 0 Å². The van der Waals surface area contributed by atoms with Gasteiger partial charge in [0.1, 0.15) is 0 Å². The standard InChI is InChI=1S/C16H16BrClN2/c17-13-7-10-20-16(11-5-8-19-9-6-11)15(13)12-3-1-2-4-14(12)18/h1-4,7,10-11,19H,5-6,8-9H2. The molecule has 3 rings (SSSR count). The summed E-state index contributed by atoms with van der Waals surface area (Å²) in [6, 6.07) is 9.97. The SMILES string of the molecule is Clc1ccccc1-c1c(Br)ccnc1C1CCNCC1. The molecule has 20 heavy (non-hydrogen) atoms. The van der Waals surface area contributed by atoms with Crippen LogP contribution in [0.15, 0.2) is 41.0 Å². The highest BCUT2D eigenvalue weighted by atomic mass is 79.9. The zero-order valence-corrected chi connectivity index (χ0v) is 13.4. The lowest BCUT2D eigenvalue weighted by molar-refractivity contribution is 0.454. The summed E-state index contributed by atoms with van der Waals surface area (Å²) >= 11 is 10.1. The van der Waals surface area contributed by atoms with Crippen LogP contribution in [0.25, 0.3) is 11.1 Å². The van der Waals surface area contributed by atoms with Crippen molar-refractivity contribution in [3.05, 3.63) is 51.7 Å². The fraction of sp³-hybridized carbons (Fsp3) is 0.312. The lowest BCUT2D eigenvalue weighted by atomic mass is 9.89. The highest BCUT2D eigenvalue weighted by Crippen LogP contribution is 2.39. The van der Waals surface area contributed by atoms with Gasteiger partial charge in [-0.2, -0.15) is 0 Å². The van der Waals surface area contributed by atoms with Gasteiger partial charge in [0.05, 0.1) is 5.69 Å². The van der Waals surface area contributed by atoms with Crippen molar-refractivity contribution < 1.29 is 0 Å². The lowest BCUT2D eigenvalue weighted by Gasteiger charge is -2.25. The van der Waals surface area contributed by atoms with Gasteiger partial charge < -0.3 is 5.32 Å². The quantitative estimate of drug-likeness (QED) is 0.853. The van der Waals surface area contributed by atoms with Gasteiger partial charge in [0, 0.05) is 32.7 Å². The number of aromatic nitrogens is 1. The van der Waals surface area contributed by atoms with E-state index in [1.54, 1.807) is 0 Å². The summed E-state index contributed by atoms with van der Waals surface area (Å²) in [5.74, 6) is 0.500. The third-order valence-electron chi connectivity index (χ3n) is 3.80. The molecule has 1 N–H and O–H groups in total. The summed E-state index contributed by atoms with van der Waals surface area (Å²) in [5, 5.41) is 4.18. The fourth-order valence-corrected chi connectivity index (χ4v) is 3.55. The van der Waals surface area contributed by atoms with E-state index >= 15 is 0 Å². The van der Waals surface area contributed by atoms with Gasteiger partial charge in [-0.05, 0) is 38.1 Å². The van der Waals surface area contributed by atoms with E-state index in [0.29, 0.717) is 5.92 Å². The first-order chi connectivity index (χ1) is 9.77. The van der Waals surface area contributed by atoms with Crippen LogP contribution in [0.1, 0.15) is 24.5 Å². The van der Waals surface area contributed by atoms with Crippen LogP contribution in [0.5, 0.6) is 0 Å². The van der Waals surface area contributed by atoms with Crippen LogP contribution in [-0.2, 0) is 0 Å². The first-order valence-corrected chi connectivity index (χ1v) is 8.04. The van der Waals surface area contributed by atoms with Crippen LogP contribution in [-0.4, -0.2) is 18.1 Å². The molecule has 4 heteroatoms. The summed E-state index contributed by atoms with van der Waals surface area (Å²) in [7, 11) is 0. The van der Waals surface area contributed by atoms with E-state index in [0.717, 1.165) is 52.2 Å². The maximum absolute atomic E-state index is 6.38. The predicted molar refractivity (Wildman–Crippen MR) is 87.2 cm³/mol. The van der Waals surface area contributed by atoms with E-state index in [9.17, 15) is 0 Å². The Morgan fingerprint density at radius 3 is 2.65 bits per heavy atom. The Labute approximate surface area is 132 Å². The van der Waals surface area contributed by atoms with Crippen molar-refractivity contribution in [1.82, 2.24) is 10.3 Å². The van der Waals surface area contributed by atoms with Gasteiger partial charge in [-0.3, -0.25) is 4.98 Å². The molecule has 0 aliphatic carbocycles. The minimum absolute atomic E-state index is 0.500. The second-order valence-electron chi connectivity index (χ2n) is 5.06. The Hall–Kier alpha value is -0.900. The molecule has 1 saturated heterocycles. The Bertz CT molecular complexity index is 609. The fourth-order valence-electron chi connectivity index (χ4n) is 2.79. The van der Waals surface area contributed by atoms with Crippen LogP contribution in [0, 0.1) is 0 Å². The number of nitrogens with zero attached hydrogens (tertiary/aromatic N) is 1. The lowest BCUT2D eigenvalue weighted by Crippen LogP contribution is -2.27. The molecule has 1 fully saturated rings. The van der Waals surface area contributed by atoms with Crippen LogP contribution < -0.4 is 5.32 Å². The number of rotatable bonds is 2. The largest absolute Gasteiger partial charge is 0.317 e. The summed E-state index contributed by atoms with van der Waals surface area (Å²) < 4.78 is 1.06. The zero-order chi connectivity index (χ0) is 13.9. The molecule has 0 radical (unpaired) electrons. The third kappa shape index (κ3) is 2.76. The normalized spacial score (nSPS) is 16.3. The Morgan fingerprint density at radius 1 is 1.15 bits per heavy atom. The Morgan fingerprint density at radius 2 is 1.90 bits per heavy atom. The average molecular weight is 352 g/mol. The molecule has 2 aromatic rings. The highest BCUT2D eigenvalue weighted by molar-refractivity contribution is 9.10. The van der Waals surface area contributed by atoms with Crippen molar-refractivity contribution in [2.45, 2.75) is 18.8 Å². The molecule has 1 aromatic heterocycles. The highest BCUT2D eigenvalue weighted by Gasteiger charge is 2.22. The van der Waals surface area contributed by atoms with Crippen molar-refractivity contribution in [3.63, 3.8) is 0 Å². The molecule has 1 aromatic carbocycles. The number of hydrogen-bond donors (Lipinski definition) is 1. The smallest absolute Gasteiger partial charge is 0.0525 e. The van der Waals surface area contributed by atoms with Crippen LogP contribution >= 0.6 is 27.5 Å². The summed E-state index contributed by atoms with van der Waals surface area (Å²) in [5.41, 5.74) is 3.36. The summed E-state index contributed by atoms with van der Waals surface area (Å²) in [6.07, 6.45) is 4.13. The molecule has 0 bridgehead atoms. The second kappa shape index (κ2) is 6.25. The van der Waals surface area contributed by atoms with Gasteiger partial charge in [0.25, 0.3) is 0 Å². The van der Waals surface area contributed by atoms with Gasteiger partial charge in [-0.15, -0.1) is 0 Å². The van der Waals surface area contributed by atoms with E-state index < -0.39 is 0 Å². The molecule has 0 amide bonds. The molecule has 1 aliphatic heterocycles. The van der Waals surface area contributed by atoms with Crippen molar-refractivity contribution in [1.29, 1.82) is 0 Å². The minimum Gasteiger partial charge on any atom is -0.317 e. The summed E-state index contributed by atoms with van der Waals surface area (Å²) in [4.78, 5) is 4.66. The first-order valence-electron chi connectivity index (χ1n) is 6.87. The Balaban J connectivity index is 2.12. The molecule has 0 saturated carbocycles. The van der Waals surface area contributed by atoms with Crippen LogP contribution in [0.3, 0.4) is 0 Å². The average Bonchev–Trinajstić information content (AvgIpc) is 2.49. The number of piperidine rings is 1. The molecular weight excluding hydrogens is 336 g/mol. The first kappa shape index (κ1) is 14.1. The van der Waals surface area contributed by atoms with Crippen molar-refractivity contribution >= 4 is 27.5 Å². The monoisotopic (exact) mass is 350 g/mol. The second-order valence-corrected chi connectivity index (χ2v) is 6.32. The maximum atomic E-state index is 6.38. The van der Waals surface area contributed by atoms with Crippen molar-refractivity contribution in [3.8, 4) is 11.1 Å². The van der Waals surface area contributed by atoms with Gasteiger partial charge in [-0.1, -0.05) is 45.7 Å². The van der Waals surface area contributed by atoms with E-state index in [1.165, 1.54) is 0 Å². The molecule has 104 valence electrons. The van der Waals surface area contributed by atoms with E-state index in [1.807, 2.05) is 30.5 Å². The maximum Gasteiger partial charge on any atom is 0.0525 e. The predicted octanol–water partition coefficient (Wildman–Crippen LogP) is 4.63. The number of pyridine rings is 1. The van der Waals surface area contributed by atoms with Crippen LogP contribution in [0.4, 0.5) is 0 Å². The number of benzene rings is 1. The molecule has 0 spiro atoms. The number of hydrogen-bond acceptors (Lipinski definition) is 2. The van der Waals surface area contributed by atoms with Gasteiger partial charge >= 0.3 is 0 Å². The molecule has 1 aliphatic rings. The van der Waals surface area contributed by atoms with Gasteiger partial charge in [0.15, 0.2) is 0 Å².